The summed E-state index contributed by atoms with van der Waals surface area (Å²) < 4.78 is 44.3. The third-order valence-electron chi connectivity index (χ3n) is 2.65. The van der Waals surface area contributed by atoms with E-state index in [0.29, 0.717) is 11.3 Å². The quantitative estimate of drug-likeness (QED) is 0.838. The molecule has 0 aliphatic heterocycles. The van der Waals surface area contributed by atoms with E-state index in [9.17, 15) is 12.8 Å². The van der Waals surface area contributed by atoms with Gasteiger partial charge in [-0.2, -0.15) is 0 Å². The van der Waals surface area contributed by atoms with Gasteiger partial charge in [0, 0.05) is 5.56 Å². The molecular weight excluding hydrogens is 273 g/mol. The number of aryl methyl sites for hydroxylation is 1. The van der Waals surface area contributed by atoms with Gasteiger partial charge in [0.1, 0.15) is 10.7 Å². The third-order valence-corrected chi connectivity index (χ3v) is 4.04. The van der Waals surface area contributed by atoms with E-state index in [4.69, 9.17) is 10.3 Å². The lowest BCUT2D eigenvalue weighted by Crippen LogP contribution is -2.15. The average Bonchev–Trinajstić information content (AvgIpc) is 2.63. The van der Waals surface area contributed by atoms with E-state index < -0.39 is 15.8 Å². The van der Waals surface area contributed by atoms with E-state index in [1.165, 1.54) is 6.07 Å². The second-order valence-electron chi connectivity index (χ2n) is 4.01. The molecule has 3 N–H and O–H groups in total. The van der Waals surface area contributed by atoms with Crippen LogP contribution in [0.25, 0.3) is 0 Å². The molecule has 0 amide bonds. The fourth-order valence-electron chi connectivity index (χ4n) is 1.43. The lowest BCUT2D eigenvalue weighted by atomic mass is 10.3. The summed E-state index contributed by atoms with van der Waals surface area (Å²) in [7, 11) is -4.02. The molecule has 0 unspecified atom stereocenters. The number of hydrogen-bond acceptors (Lipinski definition) is 5. The van der Waals surface area contributed by atoms with Crippen LogP contribution in [0.1, 0.15) is 11.3 Å². The summed E-state index contributed by atoms with van der Waals surface area (Å²) >= 11 is 0. The Kier molecular flexibility index (Phi) is 3.19. The number of anilines is 2. The van der Waals surface area contributed by atoms with Crippen LogP contribution in [0.15, 0.2) is 27.6 Å². The molecule has 6 nitrogen and oxygen atoms in total. The molecule has 0 saturated carbocycles. The summed E-state index contributed by atoms with van der Waals surface area (Å²) in [6.45, 7) is 3.33. The van der Waals surface area contributed by atoms with Crippen molar-refractivity contribution >= 4 is 21.6 Å². The molecule has 2 rings (SSSR count). The molecule has 0 spiro atoms. The highest BCUT2D eigenvalue weighted by Crippen LogP contribution is 2.25. The monoisotopic (exact) mass is 285 g/mol. The van der Waals surface area contributed by atoms with Crippen molar-refractivity contribution in [1.29, 1.82) is 0 Å². The second kappa shape index (κ2) is 4.54. The number of hydrogen-bond donors (Lipinski definition) is 2. The minimum atomic E-state index is -4.02. The number of benzene rings is 1. The molecule has 0 radical (unpaired) electrons. The van der Waals surface area contributed by atoms with Gasteiger partial charge in [0.15, 0.2) is 0 Å². The second-order valence-corrected chi connectivity index (χ2v) is 5.66. The number of halogens is 1. The molecule has 0 saturated heterocycles. The Balaban J connectivity index is 2.43. The molecule has 0 atom stereocenters. The predicted molar refractivity (Wildman–Crippen MR) is 67.6 cm³/mol. The topological polar surface area (TPSA) is 98.2 Å². The zero-order valence-corrected chi connectivity index (χ0v) is 11.1. The lowest BCUT2D eigenvalue weighted by molar-refractivity contribution is 0.430. The Morgan fingerprint density at radius 2 is 2.05 bits per heavy atom. The van der Waals surface area contributed by atoms with Crippen molar-refractivity contribution < 1.29 is 17.3 Å². The van der Waals surface area contributed by atoms with Crippen LogP contribution in [0.5, 0.6) is 0 Å². The fraction of sp³-hybridized carbons (Fsp3) is 0.182. The van der Waals surface area contributed by atoms with Gasteiger partial charge in [0.05, 0.1) is 11.4 Å². The number of nitrogens with zero attached hydrogens (tertiary/aromatic N) is 1. The number of nitrogens with one attached hydrogen (secondary N) is 1. The van der Waals surface area contributed by atoms with Crippen molar-refractivity contribution in [3.63, 3.8) is 0 Å². The largest absolute Gasteiger partial charge is 0.398 e. The normalized spacial score (nSPS) is 11.5. The summed E-state index contributed by atoms with van der Waals surface area (Å²) in [5, 5.41) is 3.63. The zero-order valence-electron chi connectivity index (χ0n) is 10.3. The predicted octanol–water partition coefficient (Wildman–Crippen LogP) is 1.81. The molecule has 1 aromatic heterocycles. The smallest absolute Gasteiger partial charge is 0.266 e. The molecule has 8 heteroatoms. The molecule has 0 bridgehead atoms. The van der Waals surface area contributed by atoms with Gasteiger partial charge in [-0.3, -0.25) is 0 Å². The van der Waals surface area contributed by atoms with Crippen LogP contribution < -0.4 is 10.5 Å². The molecule has 1 heterocycles. The minimum Gasteiger partial charge on any atom is -0.398 e. The van der Waals surface area contributed by atoms with E-state index in [2.05, 4.69) is 9.88 Å². The number of rotatable bonds is 3. The van der Waals surface area contributed by atoms with Crippen LogP contribution in [0.3, 0.4) is 0 Å². The van der Waals surface area contributed by atoms with Gasteiger partial charge in [-0.25, -0.2) is 17.5 Å². The van der Waals surface area contributed by atoms with Crippen molar-refractivity contribution in [2.45, 2.75) is 18.7 Å². The molecule has 1 aromatic carbocycles. The van der Waals surface area contributed by atoms with E-state index in [1.807, 2.05) is 0 Å². The van der Waals surface area contributed by atoms with Gasteiger partial charge in [-0.1, -0.05) is 5.16 Å². The first-order valence-corrected chi connectivity index (χ1v) is 6.80. The highest BCUT2D eigenvalue weighted by Gasteiger charge is 2.22. The van der Waals surface area contributed by atoms with Crippen molar-refractivity contribution in [3.05, 3.63) is 35.3 Å². The van der Waals surface area contributed by atoms with Gasteiger partial charge in [0.2, 0.25) is 5.88 Å². The van der Waals surface area contributed by atoms with Crippen LogP contribution in [0, 0.1) is 19.7 Å². The summed E-state index contributed by atoms with van der Waals surface area (Å²) in [6, 6.07) is 3.11. The van der Waals surface area contributed by atoms with Crippen LogP contribution in [0.2, 0.25) is 0 Å². The Morgan fingerprint density at radius 3 is 2.63 bits per heavy atom. The SMILES string of the molecule is Cc1noc(NS(=O)(=O)c2cc(F)ccc2N)c1C. The van der Waals surface area contributed by atoms with Crippen LogP contribution in [-0.2, 0) is 10.0 Å². The molecule has 102 valence electrons. The molecule has 2 aromatic rings. The molecule has 0 aliphatic carbocycles. The maximum absolute atomic E-state index is 13.1. The highest BCUT2D eigenvalue weighted by atomic mass is 32.2. The van der Waals surface area contributed by atoms with Gasteiger partial charge >= 0.3 is 0 Å². The third kappa shape index (κ3) is 2.53. The Morgan fingerprint density at radius 1 is 1.37 bits per heavy atom. The van der Waals surface area contributed by atoms with E-state index in [1.54, 1.807) is 13.8 Å². The van der Waals surface area contributed by atoms with E-state index >= 15 is 0 Å². The van der Waals surface area contributed by atoms with Gasteiger partial charge in [-0.15, -0.1) is 0 Å². The Labute approximate surface area is 109 Å². The maximum atomic E-state index is 13.1. The number of nitrogens with two attached hydrogens (primary N) is 1. The van der Waals surface area contributed by atoms with Crippen molar-refractivity contribution in [1.82, 2.24) is 5.16 Å². The minimum absolute atomic E-state index is 0.0128. The number of nitrogen functional groups attached to an aromatic ring is 1. The number of aromatic nitrogens is 1. The van der Waals surface area contributed by atoms with Crippen LogP contribution >= 0.6 is 0 Å². The van der Waals surface area contributed by atoms with E-state index in [-0.39, 0.29) is 16.5 Å². The van der Waals surface area contributed by atoms with Gasteiger partial charge < -0.3 is 10.3 Å². The first-order valence-electron chi connectivity index (χ1n) is 5.32. The Hall–Kier alpha value is -2.09. The van der Waals surface area contributed by atoms with Crippen molar-refractivity contribution in [2.75, 3.05) is 10.5 Å². The average molecular weight is 285 g/mol. The first-order chi connectivity index (χ1) is 8.81. The van der Waals surface area contributed by atoms with Gasteiger partial charge in [-0.05, 0) is 32.0 Å². The molecular formula is C11H12FN3O3S. The first kappa shape index (κ1) is 13.3. The molecule has 0 aliphatic rings. The Bertz CT molecular complexity index is 725. The standard InChI is InChI=1S/C11H12FN3O3S/c1-6-7(2)14-18-11(6)15-19(16,17)10-5-8(12)3-4-9(10)13/h3-5,15H,13H2,1-2H3. The molecule has 19 heavy (non-hydrogen) atoms. The van der Waals surface area contributed by atoms with Crippen LogP contribution in [-0.4, -0.2) is 13.6 Å². The summed E-state index contributed by atoms with van der Waals surface area (Å²) in [5.74, 6) is -0.707. The zero-order chi connectivity index (χ0) is 14.2. The van der Waals surface area contributed by atoms with Gasteiger partial charge in [0.25, 0.3) is 10.0 Å². The summed E-state index contributed by atoms with van der Waals surface area (Å²) in [6.07, 6.45) is 0. The summed E-state index contributed by atoms with van der Waals surface area (Å²) in [4.78, 5) is -0.346. The lowest BCUT2D eigenvalue weighted by Gasteiger charge is -2.08. The number of sulfonamides is 1. The molecule has 0 fully saturated rings. The van der Waals surface area contributed by atoms with Crippen molar-refractivity contribution in [2.24, 2.45) is 0 Å². The highest BCUT2D eigenvalue weighted by molar-refractivity contribution is 7.92. The van der Waals surface area contributed by atoms with E-state index in [0.717, 1.165) is 12.1 Å². The van der Waals surface area contributed by atoms with Crippen LogP contribution in [0.4, 0.5) is 16.0 Å². The maximum Gasteiger partial charge on any atom is 0.266 e. The fourth-order valence-corrected chi connectivity index (χ4v) is 2.62. The summed E-state index contributed by atoms with van der Waals surface area (Å²) in [5.41, 5.74) is 6.60. The van der Waals surface area contributed by atoms with Crippen molar-refractivity contribution in [3.8, 4) is 0 Å².